The number of aromatic nitrogens is 2. The van der Waals surface area contributed by atoms with E-state index in [1.54, 1.807) is 0 Å². The van der Waals surface area contributed by atoms with Gasteiger partial charge in [0.25, 0.3) is 0 Å². The van der Waals surface area contributed by atoms with Crippen molar-refractivity contribution >= 4 is 32.3 Å². The van der Waals surface area contributed by atoms with Crippen LogP contribution in [0.25, 0.3) is 88.5 Å². The number of benzene rings is 8. The molecule has 0 N–H and O–H groups in total. The molecule has 1 aliphatic carbocycles. The van der Waals surface area contributed by atoms with Gasteiger partial charge in [-0.2, -0.15) is 0 Å². The van der Waals surface area contributed by atoms with E-state index in [2.05, 4.69) is 178 Å². The molecule has 0 amide bonds. The number of hydrogen-bond donors (Lipinski definition) is 0. The summed E-state index contributed by atoms with van der Waals surface area (Å²) in [5, 5.41) is 7.27. The van der Waals surface area contributed by atoms with Gasteiger partial charge < -0.3 is 0 Å². The summed E-state index contributed by atoms with van der Waals surface area (Å²) in [5.41, 5.74) is 12.8. The fourth-order valence-corrected chi connectivity index (χ4v) is 8.28. The van der Waals surface area contributed by atoms with Crippen molar-refractivity contribution in [1.82, 2.24) is 9.97 Å². The van der Waals surface area contributed by atoms with Gasteiger partial charge in [0.1, 0.15) is 0 Å². The minimum atomic E-state index is -0.0573. The Morgan fingerprint density at radius 2 is 1.04 bits per heavy atom. The third-order valence-electron chi connectivity index (χ3n) is 10.9. The predicted molar refractivity (Wildman–Crippen MR) is 214 cm³/mol. The van der Waals surface area contributed by atoms with Crippen LogP contribution in [-0.2, 0) is 5.41 Å². The molecule has 1 aromatic heterocycles. The van der Waals surface area contributed by atoms with E-state index in [0.29, 0.717) is 5.82 Å². The highest BCUT2D eigenvalue weighted by atomic mass is 14.9. The number of rotatable bonds is 4. The molecule has 8 aromatic carbocycles. The van der Waals surface area contributed by atoms with Crippen molar-refractivity contribution in [2.45, 2.75) is 19.3 Å². The Balaban J connectivity index is 1.18. The van der Waals surface area contributed by atoms with Crippen molar-refractivity contribution in [3.63, 3.8) is 0 Å². The lowest BCUT2D eigenvalue weighted by Gasteiger charge is -2.22. The van der Waals surface area contributed by atoms with E-state index in [-0.39, 0.29) is 5.41 Å². The van der Waals surface area contributed by atoms with Crippen LogP contribution in [0.1, 0.15) is 25.0 Å². The molecule has 0 aliphatic heterocycles. The average molecular weight is 651 g/mol. The molecule has 9 aromatic rings. The molecule has 10 rings (SSSR count). The number of fused-ring (bicyclic) bond motifs is 7. The lowest BCUT2D eigenvalue weighted by Crippen LogP contribution is -2.14. The molecule has 0 radical (unpaired) electrons. The van der Waals surface area contributed by atoms with Crippen LogP contribution < -0.4 is 0 Å². The van der Waals surface area contributed by atoms with Crippen LogP contribution >= 0.6 is 0 Å². The van der Waals surface area contributed by atoms with Gasteiger partial charge in [0.05, 0.1) is 11.4 Å². The Morgan fingerprint density at radius 3 is 1.92 bits per heavy atom. The van der Waals surface area contributed by atoms with Crippen LogP contribution in [0.4, 0.5) is 0 Å². The summed E-state index contributed by atoms with van der Waals surface area (Å²) in [5.74, 6) is 0.715. The first-order valence-electron chi connectivity index (χ1n) is 17.7. The van der Waals surface area contributed by atoms with Gasteiger partial charge in [0, 0.05) is 22.1 Å². The second kappa shape index (κ2) is 11.3. The van der Waals surface area contributed by atoms with Crippen molar-refractivity contribution in [2.75, 3.05) is 0 Å². The Labute approximate surface area is 297 Å². The maximum atomic E-state index is 5.32. The van der Waals surface area contributed by atoms with E-state index in [0.717, 1.165) is 28.1 Å². The molecular weight excluding hydrogens is 617 g/mol. The molecular formula is C49H34N2. The smallest absolute Gasteiger partial charge is 0.160 e. The van der Waals surface area contributed by atoms with Gasteiger partial charge in [-0.15, -0.1) is 0 Å². The zero-order valence-corrected chi connectivity index (χ0v) is 28.6. The second-order valence-electron chi connectivity index (χ2n) is 14.2. The third kappa shape index (κ3) is 4.71. The maximum absolute atomic E-state index is 5.32. The molecule has 0 unspecified atom stereocenters. The molecule has 2 heteroatoms. The summed E-state index contributed by atoms with van der Waals surface area (Å²) in [7, 11) is 0. The van der Waals surface area contributed by atoms with Gasteiger partial charge in [-0.3, -0.25) is 0 Å². The summed E-state index contributed by atoms with van der Waals surface area (Å²) < 4.78 is 0. The zero-order valence-electron chi connectivity index (χ0n) is 28.6. The minimum Gasteiger partial charge on any atom is -0.228 e. The van der Waals surface area contributed by atoms with Crippen molar-refractivity contribution < 1.29 is 0 Å². The maximum Gasteiger partial charge on any atom is 0.160 e. The molecule has 0 saturated heterocycles. The van der Waals surface area contributed by atoms with Gasteiger partial charge in [0.15, 0.2) is 5.82 Å². The number of nitrogens with zero attached hydrogens (tertiary/aromatic N) is 2. The van der Waals surface area contributed by atoms with Gasteiger partial charge in [-0.25, -0.2) is 9.97 Å². The third-order valence-corrected chi connectivity index (χ3v) is 10.9. The fraction of sp³-hybridized carbons (Fsp3) is 0.0612. The summed E-state index contributed by atoms with van der Waals surface area (Å²) >= 11 is 0. The molecule has 0 atom stereocenters. The normalized spacial score (nSPS) is 13.1. The lowest BCUT2D eigenvalue weighted by molar-refractivity contribution is 0.660. The quantitative estimate of drug-likeness (QED) is 0.140. The van der Waals surface area contributed by atoms with E-state index >= 15 is 0 Å². The van der Waals surface area contributed by atoms with Crippen LogP contribution in [0.3, 0.4) is 0 Å². The first-order valence-corrected chi connectivity index (χ1v) is 17.7. The summed E-state index contributed by atoms with van der Waals surface area (Å²) in [6.07, 6.45) is 0. The Bertz CT molecular complexity index is 2830. The van der Waals surface area contributed by atoms with Crippen molar-refractivity contribution in [1.29, 1.82) is 0 Å². The molecule has 1 heterocycles. The Hall–Kier alpha value is -6.38. The molecule has 51 heavy (non-hydrogen) atoms. The Morgan fingerprint density at radius 1 is 0.373 bits per heavy atom. The molecule has 1 aliphatic rings. The van der Waals surface area contributed by atoms with Crippen LogP contribution in [0, 0.1) is 0 Å². The topological polar surface area (TPSA) is 25.8 Å². The van der Waals surface area contributed by atoms with Crippen molar-refractivity contribution in [2.24, 2.45) is 0 Å². The molecule has 0 saturated carbocycles. The monoisotopic (exact) mass is 650 g/mol. The van der Waals surface area contributed by atoms with Gasteiger partial charge in [-0.05, 0) is 90.0 Å². The predicted octanol–water partition coefficient (Wildman–Crippen LogP) is 12.9. The fourth-order valence-electron chi connectivity index (χ4n) is 8.28. The zero-order chi connectivity index (χ0) is 34.1. The van der Waals surface area contributed by atoms with E-state index < -0.39 is 0 Å². The van der Waals surface area contributed by atoms with E-state index in [9.17, 15) is 0 Å². The van der Waals surface area contributed by atoms with Crippen molar-refractivity contribution in [3.05, 3.63) is 181 Å². The van der Waals surface area contributed by atoms with Gasteiger partial charge in [-0.1, -0.05) is 159 Å². The first-order chi connectivity index (χ1) is 25.0. The number of hydrogen-bond acceptors (Lipinski definition) is 2. The van der Waals surface area contributed by atoms with Crippen LogP contribution in [0.15, 0.2) is 170 Å². The standard InChI is InChI=1S/C49H34N2/c1-49(2)43-22-11-10-21-39(43)40-25-24-34(29-44(40)49)33-17-12-18-36(27-33)45-30-46(51-48(50-45)32-14-4-3-5-15-32)47-38-20-9-7-16-35(38)28-42-37-19-8-6-13-31(37)23-26-41(42)47/h3-30H,1-2H3. The SMILES string of the molecule is CC1(C)c2ccccc2-c2ccc(-c3cccc(-c4cc(-c5c6ccccc6cc6c5ccc5ccccc56)nc(-c5ccccc5)n4)c3)cc21. The van der Waals surface area contributed by atoms with Gasteiger partial charge >= 0.3 is 0 Å². The second-order valence-corrected chi connectivity index (χ2v) is 14.2. The molecule has 0 fully saturated rings. The average Bonchev–Trinajstić information content (AvgIpc) is 3.42. The summed E-state index contributed by atoms with van der Waals surface area (Å²) in [4.78, 5) is 10.6. The van der Waals surface area contributed by atoms with Crippen LogP contribution in [0.2, 0.25) is 0 Å². The highest BCUT2D eigenvalue weighted by Gasteiger charge is 2.35. The molecule has 240 valence electrons. The molecule has 0 bridgehead atoms. The van der Waals surface area contributed by atoms with Crippen molar-refractivity contribution in [3.8, 4) is 56.2 Å². The minimum absolute atomic E-state index is 0.0573. The first kappa shape index (κ1) is 29.5. The largest absolute Gasteiger partial charge is 0.228 e. The van der Waals surface area contributed by atoms with Crippen LogP contribution in [-0.4, -0.2) is 9.97 Å². The highest BCUT2D eigenvalue weighted by Crippen LogP contribution is 2.49. The lowest BCUT2D eigenvalue weighted by atomic mass is 9.81. The van der Waals surface area contributed by atoms with E-state index in [4.69, 9.17) is 9.97 Å². The molecule has 0 spiro atoms. The van der Waals surface area contributed by atoms with Gasteiger partial charge in [0.2, 0.25) is 0 Å². The summed E-state index contributed by atoms with van der Waals surface area (Å²) in [6.45, 7) is 4.68. The van der Waals surface area contributed by atoms with Crippen LogP contribution in [0.5, 0.6) is 0 Å². The molecule has 2 nitrogen and oxygen atoms in total. The summed E-state index contributed by atoms with van der Waals surface area (Å²) in [6, 6.07) is 61.3. The highest BCUT2D eigenvalue weighted by molar-refractivity contribution is 6.19. The van der Waals surface area contributed by atoms with E-state index in [1.807, 2.05) is 6.07 Å². The van der Waals surface area contributed by atoms with E-state index in [1.165, 1.54) is 65.7 Å². The Kier molecular flexibility index (Phi) is 6.56.